The Morgan fingerprint density at radius 3 is 2.82 bits per heavy atom. The van der Waals surface area contributed by atoms with E-state index in [0.717, 1.165) is 6.08 Å². The van der Waals surface area contributed by atoms with E-state index in [1.165, 1.54) is 18.2 Å². The zero-order chi connectivity index (χ0) is 12.3. The summed E-state index contributed by atoms with van der Waals surface area (Å²) >= 11 is 0. The highest BCUT2D eigenvalue weighted by molar-refractivity contribution is 5.84. The van der Waals surface area contributed by atoms with Crippen LogP contribution in [0.4, 0.5) is 4.39 Å². The number of furan rings is 1. The summed E-state index contributed by atoms with van der Waals surface area (Å²) in [4.78, 5) is 10.3. The van der Waals surface area contributed by atoms with Gasteiger partial charge in [0.05, 0.1) is 0 Å². The van der Waals surface area contributed by atoms with Crippen molar-refractivity contribution in [2.75, 3.05) is 0 Å². The predicted octanol–water partition coefficient (Wildman–Crippen LogP) is 3.18. The van der Waals surface area contributed by atoms with E-state index >= 15 is 0 Å². The second-order valence-corrected chi connectivity index (χ2v) is 3.38. The van der Waals surface area contributed by atoms with Gasteiger partial charge in [-0.05, 0) is 30.3 Å². The van der Waals surface area contributed by atoms with Crippen LogP contribution >= 0.6 is 0 Å². The molecule has 1 aromatic heterocycles. The van der Waals surface area contributed by atoms with Crippen LogP contribution in [0.1, 0.15) is 5.76 Å². The lowest BCUT2D eigenvalue weighted by Crippen LogP contribution is -1.84. The SMILES string of the molecule is O=C(O)C=Cc1ccc(-c2cccc(F)c2)o1. The molecule has 0 aliphatic rings. The molecular formula is C13H9FO3. The highest BCUT2D eigenvalue weighted by Gasteiger charge is 2.04. The number of carboxylic acid groups (broad SMARTS) is 1. The average Bonchev–Trinajstić information content (AvgIpc) is 2.75. The zero-order valence-electron chi connectivity index (χ0n) is 8.76. The molecule has 2 aromatic rings. The molecule has 86 valence electrons. The first-order valence-corrected chi connectivity index (χ1v) is 4.92. The number of carboxylic acids is 1. The van der Waals surface area contributed by atoms with Gasteiger partial charge in [0.1, 0.15) is 17.3 Å². The third kappa shape index (κ3) is 2.81. The van der Waals surface area contributed by atoms with Crippen molar-refractivity contribution in [1.29, 1.82) is 0 Å². The van der Waals surface area contributed by atoms with Gasteiger partial charge in [-0.15, -0.1) is 0 Å². The summed E-state index contributed by atoms with van der Waals surface area (Å²) in [6.45, 7) is 0. The maximum atomic E-state index is 13.0. The molecule has 4 heteroatoms. The molecule has 17 heavy (non-hydrogen) atoms. The number of benzene rings is 1. The molecule has 1 aromatic carbocycles. The van der Waals surface area contributed by atoms with E-state index in [2.05, 4.69) is 0 Å². The van der Waals surface area contributed by atoms with Crippen molar-refractivity contribution in [2.45, 2.75) is 0 Å². The van der Waals surface area contributed by atoms with E-state index < -0.39 is 5.97 Å². The van der Waals surface area contributed by atoms with E-state index in [-0.39, 0.29) is 5.82 Å². The Morgan fingerprint density at radius 1 is 1.29 bits per heavy atom. The smallest absolute Gasteiger partial charge is 0.328 e. The fourth-order valence-electron chi connectivity index (χ4n) is 1.39. The van der Waals surface area contributed by atoms with Crippen molar-refractivity contribution >= 4 is 12.0 Å². The second kappa shape index (κ2) is 4.65. The Kier molecular flexibility index (Phi) is 3.05. The standard InChI is InChI=1S/C13H9FO3/c14-10-3-1-2-9(8-10)12-6-4-11(17-12)5-7-13(15)16/h1-8H,(H,15,16). The minimum absolute atomic E-state index is 0.346. The third-order valence-electron chi connectivity index (χ3n) is 2.13. The second-order valence-electron chi connectivity index (χ2n) is 3.38. The number of hydrogen-bond acceptors (Lipinski definition) is 2. The summed E-state index contributed by atoms with van der Waals surface area (Å²) in [5, 5.41) is 8.46. The molecule has 0 saturated heterocycles. The van der Waals surface area contributed by atoms with Crippen molar-refractivity contribution in [1.82, 2.24) is 0 Å². The van der Waals surface area contributed by atoms with E-state index in [9.17, 15) is 9.18 Å². The summed E-state index contributed by atoms with van der Waals surface area (Å²) in [5.41, 5.74) is 0.611. The summed E-state index contributed by atoms with van der Waals surface area (Å²) in [6.07, 6.45) is 2.32. The van der Waals surface area contributed by atoms with Crippen LogP contribution in [0, 0.1) is 5.82 Å². The lowest BCUT2D eigenvalue weighted by atomic mass is 10.2. The van der Waals surface area contributed by atoms with Gasteiger partial charge in [0.15, 0.2) is 0 Å². The van der Waals surface area contributed by atoms with Crippen LogP contribution in [0.5, 0.6) is 0 Å². The fourth-order valence-corrected chi connectivity index (χ4v) is 1.39. The van der Waals surface area contributed by atoms with Crippen LogP contribution < -0.4 is 0 Å². The van der Waals surface area contributed by atoms with Crippen molar-refractivity contribution in [3.05, 3.63) is 54.1 Å². The van der Waals surface area contributed by atoms with Gasteiger partial charge in [-0.2, -0.15) is 0 Å². The first-order valence-electron chi connectivity index (χ1n) is 4.92. The monoisotopic (exact) mass is 232 g/mol. The van der Waals surface area contributed by atoms with Crippen LogP contribution in [-0.4, -0.2) is 11.1 Å². The van der Waals surface area contributed by atoms with Crippen LogP contribution in [0.25, 0.3) is 17.4 Å². The van der Waals surface area contributed by atoms with Gasteiger partial charge in [-0.25, -0.2) is 9.18 Å². The minimum Gasteiger partial charge on any atom is -0.478 e. The molecule has 1 heterocycles. The Hall–Kier alpha value is -2.36. The van der Waals surface area contributed by atoms with Crippen LogP contribution in [0.15, 0.2) is 46.9 Å². The molecule has 0 atom stereocenters. The van der Waals surface area contributed by atoms with Gasteiger partial charge in [0, 0.05) is 11.6 Å². The molecule has 0 fully saturated rings. The van der Waals surface area contributed by atoms with Crippen molar-refractivity contribution in [3.63, 3.8) is 0 Å². The number of carbonyl (C=O) groups is 1. The maximum Gasteiger partial charge on any atom is 0.328 e. The Bertz CT molecular complexity index is 570. The van der Waals surface area contributed by atoms with Gasteiger partial charge in [-0.1, -0.05) is 12.1 Å². The zero-order valence-corrected chi connectivity index (χ0v) is 8.76. The first-order chi connectivity index (χ1) is 8.15. The highest BCUT2D eigenvalue weighted by atomic mass is 19.1. The minimum atomic E-state index is -1.05. The van der Waals surface area contributed by atoms with Gasteiger partial charge in [-0.3, -0.25) is 0 Å². The predicted molar refractivity (Wildman–Crippen MR) is 60.8 cm³/mol. The van der Waals surface area contributed by atoms with Gasteiger partial charge >= 0.3 is 5.97 Å². The molecule has 3 nitrogen and oxygen atoms in total. The molecule has 0 aliphatic carbocycles. The van der Waals surface area contributed by atoms with Crippen molar-refractivity contribution in [3.8, 4) is 11.3 Å². The molecule has 0 amide bonds. The molecule has 1 N–H and O–H groups in total. The lowest BCUT2D eigenvalue weighted by molar-refractivity contribution is -0.131. The van der Waals surface area contributed by atoms with Crippen molar-refractivity contribution in [2.24, 2.45) is 0 Å². The Balaban J connectivity index is 2.27. The van der Waals surface area contributed by atoms with E-state index in [1.807, 2.05) is 0 Å². The number of rotatable bonds is 3. The molecule has 0 bridgehead atoms. The van der Waals surface area contributed by atoms with Gasteiger partial charge < -0.3 is 9.52 Å². The van der Waals surface area contributed by atoms with Gasteiger partial charge in [0.25, 0.3) is 0 Å². The molecule has 0 radical (unpaired) electrons. The van der Waals surface area contributed by atoms with E-state index in [0.29, 0.717) is 17.1 Å². The van der Waals surface area contributed by atoms with Crippen LogP contribution in [-0.2, 0) is 4.79 Å². The number of hydrogen-bond donors (Lipinski definition) is 1. The quantitative estimate of drug-likeness (QED) is 0.827. The lowest BCUT2D eigenvalue weighted by Gasteiger charge is -1.96. The topological polar surface area (TPSA) is 50.4 Å². The molecular weight excluding hydrogens is 223 g/mol. The fraction of sp³-hybridized carbons (Fsp3) is 0. The summed E-state index contributed by atoms with van der Waals surface area (Å²) in [6, 6.07) is 9.28. The molecule has 2 rings (SSSR count). The molecule has 0 saturated carbocycles. The normalized spacial score (nSPS) is 10.9. The Labute approximate surface area is 96.8 Å². The maximum absolute atomic E-state index is 13.0. The highest BCUT2D eigenvalue weighted by Crippen LogP contribution is 2.23. The number of aliphatic carboxylic acids is 1. The summed E-state index contributed by atoms with van der Waals surface area (Å²) in [7, 11) is 0. The molecule has 0 unspecified atom stereocenters. The van der Waals surface area contributed by atoms with E-state index in [4.69, 9.17) is 9.52 Å². The van der Waals surface area contributed by atoms with Gasteiger partial charge in [0.2, 0.25) is 0 Å². The molecule has 0 spiro atoms. The van der Waals surface area contributed by atoms with E-state index in [1.54, 1.807) is 24.3 Å². The third-order valence-corrected chi connectivity index (χ3v) is 2.13. The average molecular weight is 232 g/mol. The summed E-state index contributed by atoms with van der Waals surface area (Å²) < 4.78 is 18.3. The number of halogens is 1. The summed E-state index contributed by atoms with van der Waals surface area (Å²) in [5.74, 6) is -0.489. The van der Waals surface area contributed by atoms with Crippen molar-refractivity contribution < 1.29 is 18.7 Å². The Morgan fingerprint density at radius 2 is 2.12 bits per heavy atom. The van der Waals surface area contributed by atoms with Crippen LogP contribution in [0.3, 0.4) is 0 Å². The van der Waals surface area contributed by atoms with Crippen LogP contribution in [0.2, 0.25) is 0 Å². The largest absolute Gasteiger partial charge is 0.478 e. The molecule has 0 aliphatic heterocycles. The first kappa shape index (κ1) is 11.1.